The molecule has 1 fully saturated rings. The van der Waals surface area contributed by atoms with Crippen molar-refractivity contribution < 1.29 is 5.11 Å². The van der Waals surface area contributed by atoms with Crippen LogP contribution in [0.15, 0.2) is 12.1 Å². The number of nitrogens with zero attached hydrogens (tertiary/aromatic N) is 1. The molecule has 2 heterocycles. The number of aryl methyl sites for hydroxylation is 1. The molecule has 0 aromatic carbocycles. The van der Waals surface area contributed by atoms with Crippen LogP contribution < -0.4 is 0 Å². The fourth-order valence-electron chi connectivity index (χ4n) is 2.11. The van der Waals surface area contributed by atoms with Gasteiger partial charge in [0.15, 0.2) is 0 Å². The van der Waals surface area contributed by atoms with Crippen molar-refractivity contribution in [3.63, 3.8) is 0 Å². The van der Waals surface area contributed by atoms with E-state index in [1.54, 1.807) is 11.3 Å². The number of likely N-dealkylation sites (tertiary alicyclic amines) is 1. The Morgan fingerprint density at radius 3 is 2.75 bits per heavy atom. The fraction of sp³-hybridized carbons (Fsp3) is 0.667. The van der Waals surface area contributed by atoms with E-state index < -0.39 is 0 Å². The molecule has 1 aromatic heterocycles. The number of aliphatic hydroxyl groups is 1. The van der Waals surface area contributed by atoms with E-state index in [1.165, 1.54) is 11.3 Å². The first kappa shape index (κ1) is 12.4. The van der Waals surface area contributed by atoms with E-state index in [0.29, 0.717) is 0 Å². The van der Waals surface area contributed by atoms with Gasteiger partial charge in [-0.05, 0) is 44.4 Å². The van der Waals surface area contributed by atoms with E-state index in [1.807, 2.05) is 6.07 Å². The van der Waals surface area contributed by atoms with Crippen molar-refractivity contribution in [2.75, 3.05) is 19.6 Å². The van der Waals surface area contributed by atoms with Gasteiger partial charge in [-0.2, -0.15) is 0 Å². The summed E-state index contributed by atoms with van der Waals surface area (Å²) in [7, 11) is 0. The zero-order valence-corrected chi connectivity index (χ0v) is 10.9. The molecule has 0 spiro atoms. The molecule has 2 rings (SSSR count). The van der Waals surface area contributed by atoms with E-state index in [2.05, 4.69) is 11.0 Å². The molecule has 1 aliphatic rings. The monoisotopic (exact) mass is 259 g/mol. The molecule has 1 aliphatic heterocycles. The van der Waals surface area contributed by atoms with Crippen LogP contribution in [0.3, 0.4) is 0 Å². The second kappa shape index (κ2) is 6.01. The molecule has 4 heteroatoms. The van der Waals surface area contributed by atoms with Gasteiger partial charge in [0.05, 0.1) is 10.4 Å². The van der Waals surface area contributed by atoms with Gasteiger partial charge in [0.25, 0.3) is 0 Å². The minimum Gasteiger partial charge on any atom is -0.393 e. The van der Waals surface area contributed by atoms with Gasteiger partial charge in [0.1, 0.15) is 0 Å². The molecule has 16 heavy (non-hydrogen) atoms. The molecule has 0 bridgehead atoms. The Bertz CT molecular complexity index is 321. The van der Waals surface area contributed by atoms with Gasteiger partial charge in [-0.15, -0.1) is 11.3 Å². The highest BCUT2D eigenvalue weighted by atomic mass is 35.5. The van der Waals surface area contributed by atoms with Gasteiger partial charge in [0.2, 0.25) is 0 Å². The Labute approximate surface area is 106 Å². The van der Waals surface area contributed by atoms with Gasteiger partial charge in [-0.25, -0.2) is 0 Å². The van der Waals surface area contributed by atoms with Gasteiger partial charge >= 0.3 is 0 Å². The molecule has 90 valence electrons. The van der Waals surface area contributed by atoms with Crippen molar-refractivity contribution >= 4 is 22.9 Å². The quantitative estimate of drug-likeness (QED) is 0.899. The maximum Gasteiger partial charge on any atom is 0.0931 e. The minimum atomic E-state index is -0.0626. The molecule has 0 unspecified atom stereocenters. The lowest BCUT2D eigenvalue weighted by Crippen LogP contribution is -2.36. The number of hydrogen-bond acceptors (Lipinski definition) is 3. The highest BCUT2D eigenvalue weighted by molar-refractivity contribution is 7.16. The van der Waals surface area contributed by atoms with Crippen LogP contribution in [0.2, 0.25) is 4.34 Å². The Kier molecular flexibility index (Phi) is 4.65. The largest absolute Gasteiger partial charge is 0.393 e. The summed E-state index contributed by atoms with van der Waals surface area (Å²) >= 11 is 7.57. The molecule has 2 nitrogen and oxygen atoms in total. The second-order valence-electron chi connectivity index (χ2n) is 4.38. The van der Waals surface area contributed by atoms with Crippen LogP contribution in [-0.4, -0.2) is 35.7 Å². The van der Waals surface area contributed by atoms with Gasteiger partial charge in [-0.1, -0.05) is 11.6 Å². The van der Waals surface area contributed by atoms with Crippen molar-refractivity contribution in [3.05, 3.63) is 21.3 Å². The summed E-state index contributed by atoms with van der Waals surface area (Å²) in [5, 5.41) is 9.39. The first-order chi connectivity index (χ1) is 7.74. The molecule has 0 atom stereocenters. The maximum atomic E-state index is 9.39. The summed E-state index contributed by atoms with van der Waals surface area (Å²) < 4.78 is 0.885. The highest BCUT2D eigenvalue weighted by Crippen LogP contribution is 2.22. The van der Waals surface area contributed by atoms with Gasteiger partial charge in [-0.3, -0.25) is 0 Å². The molecule has 0 aliphatic carbocycles. The Morgan fingerprint density at radius 1 is 1.38 bits per heavy atom. The van der Waals surface area contributed by atoms with Crippen LogP contribution in [0.4, 0.5) is 0 Å². The fourth-order valence-corrected chi connectivity index (χ4v) is 3.24. The molecule has 0 radical (unpaired) electrons. The number of halogens is 1. The Morgan fingerprint density at radius 2 is 2.12 bits per heavy atom. The molecule has 0 saturated carbocycles. The number of piperidine rings is 1. The summed E-state index contributed by atoms with van der Waals surface area (Å²) in [6.45, 7) is 3.24. The SMILES string of the molecule is OC1CCN(CCCc2ccc(Cl)s2)CC1. The summed E-state index contributed by atoms with van der Waals surface area (Å²) in [5.41, 5.74) is 0. The normalized spacial score (nSPS) is 19.1. The average molecular weight is 260 g/mol. The van der Waals surface area contributed by atoms with Gasteiger partial charge < -0.3 is 10.0 Å². The van der Waals surface area contributed by atoms with E-state index in [9.17, 15) is 5.11 Å². The maximum absolute atomic E-state index is 9.39. The number of thiophene rings is 1. The summed E-state index contributed by atoms with van der Waals surface area (Å²) in [6, 6.07) is 4.09. The average Bonchev–Trinajstić information content (AvgIpc) is 2.67. The lowest BCUT2D eigenvalue weighted by atomic mass is 10.1. The molecule has 1 aromatic rings. The van der Waals surface area contributed by atoms with Crippen molar-refractivity contribution in [1.29, 1.82) is 0 Å². The predicted molar refractivity (Wildman–Crippen MR) is 69.3 cm³/mol. The van der Waals surface area contributed by atoms with E-state index >= 15 is 0 Å². The number of hydrogen-bond donors (Lipinski definition) is 1. The number of aliphatic hydroxyl groups excluding tert-OH is 1. The first-order valence-electron chi connectivity index (χ1n) is 5.88. The molecular formula is C12H18ClNOS. The smallest absolute Gasteiger partial charge is 0.0931 e. The number of rotatable bonds is 4. The van der Waals surface area contributed by atoms with E-state index in [-0.39, 0.29) is 6.10 Å². The third-order valence-electron chi connectivity index (χ3n) is 3.08. The molecule has 1 saturated heterocycles. The predicted octanol–water partition coefficient (Wildman–Crippen LogP) is 2.79. The molecule has 1 N–H and O–H groups in total. The van der Waals surface area contributed by atoms with Crippen LogP contribution in [0.5, 0.6) is 0 Å². The van der Waals surface area contributed by atoms with E-state index in [0.717, 1.165) is 43.2 Å². The van der Waals surface area contributed by atoms with Gasteiger partial charge in [0, 0.05) is 18.0 Å². The van der Waals surface area contributed by atoms with Crippen LogP contribution in [-0.2, 0) is 6.42 Å². The molecule has 0 amide bonds. The first-order valence-corrected chi connectivity index (χ1v) is 7.08. The zero-order chi connectivity index (χ0) is 11.4. The second-order valence-corrected chi connectivity index (χ2v) is 6.18. The van der Waals surface area contributed by atoms with Crippen LogP contribution >= 0.6 is 22.9 Å². The van der Waals surface area contributed by atoms with Crippen LogP contribution in [0.1, 0.15) is 24.1 Å². The lowest BCUT2D eigenvalue weighted by Gasteiger charge is -2.29. The highest BCUT2D eigenvalue weighted by Gasteiger charge is 2.16. The summed E-state index contributed by atoms with van der Waals surface area (Å²) in [6.07, 6.45) is 4.12. The summed E-state index contributed by atoms with van der Waals surface area (Å²) in [5.74, 6) is 0. The third-order valence-corrected chi connectivity index (χ3v) is 4.37. The zero-order valence-electron chi connectivity index (χ0n) is 9.36. The van der Waals surface area contributed by atoms with Crippen LogP contribution in [0.25, 0.3) is 0 Å². The van der Waals surface area contributed by atoms with Crippen molar-refractivity contribution in [2.24, 2.45) is 0 Å². The van der Waals surface area contributed by atoms with E-state index in [4.69, 9.17) is 11.6 Å². The summed E-state index contributed by atoms with van der Waals surface area (Å²) in [4.78, 5) is 3.82. The molecular weight excluding hydrogens is 242 g/mol. The third kappa shape index (κ3) is 3.74. The van der Waals surface area contributed by atoms with Crippen molar-refractivity contribution in [1.82, 2.24) is 4.90 Å². The van der Waals surface area contributed by atoms with Crippen molar-refractivity contribution in [3.8, 4) is 0 Å². The minimum absolute atomic E-state index is 0.0626. The van der Waals surface area contributed by atoms with Crippen LogP contribution in [0, 0.1) is 0 Å². The topological polar surface area (TPSA) is 23.5 Å². The van der Waals surface area contributed by atoms with Crippen molar-refractivity contribution in [2.45, 2.75) is 31.8 Å². The Balaban J connectivity index is 1.64. The standard InChI is InChI=1S/C12H18ClNOS/c13-12-4-3-11(16-12)2-1-7-14-8-5-10(15)6-9-14/h3-4,10,15H,1-2,5-9H2. The lowest BCUT2D eigenvalue weighted by molar-refractivity contribution is 0.0822. The Hall–Kier alpha value is -0.0900.